The van der Waals surface area contributed by atoms with Crippen molar-refractivity contribution in [3.05, 3.63) is 51.6 Å². The summed E-state index contributed by atoms with van der Waals surface area (Å²) in [5.74, 6) is 0. The molecule has 6 nitrogen and oxygen atoms in total. The number of rotatable bonds is 1. The van der Waals surface area contributed by atoms with E-state index < -0.39 is 4.92 Å². The number of nitrogens with zero attached hydrogens (tertiary/aromatic N) is 3. The van der Waals surface area contributed by atoms with Gasteiger partial charge < -0.3 is 0 Å². The van der Waals surface area contributed by atoms with Gasteiger partial charge in [0, 0.05) is 23.6 Å². The van der Waals surface area contributed by atoms with Gasteiger partial charge in [0.15, 0.2) is 4.54 Å². The van der Waals surface area contributed by atoms with Crippen LogP contribution in [0.1, 0.15) is 0 Å². The molecule has 0 aliphatic carbocycles. The standard InChI is InChI=1S/C9H6N3O3/c13-11-5-1-2-7-6-8(12(14)15)3-4-9(7)10-11/h1-6H/q+1. The molecule has 0 aliphatic rings. The van der Waals surface area contributed by atoms with Gasteiger partial charge in [0.1, 0.15) is 5.52 Å². The van der Waals surface area contributed by atoms with E-state index in [4.69, 9.17) is 0 Å². The van der Waals surface area contributed by atoms with E-state index in [1.54, 1.807) is 6.07 Å². The third-order valence-corrected chi connectivity index (χ3v) is 1.92. The van der Waals surface area contributed by atoms with Crippen LogP contribution in [0.5, 0.6) is 0 Å². The van der Waals surface area contributed by atoms with Crippen molar-refractivity contribution in [2.75, 3.05) is 0 Å². The monoisotopic (exact) mass is 204 g/mol. The normalized spacial score (nSPS) is 10.1. The molecule has 1 aromatic carbocycles. The Kier molecular flexibility index (Phi) is 2.09. The number of fused-ring (bicyclic) bond motifs is 1. The van der Waals surface area contributed by atoms with Crippen molar-refractivity contribution in [1.82, 2.24) is 5.10 Å². The van der Waals surface area contributed by atoms with Crippen molar-refractivity contribution >= 4 is 16.6 Å². The minimum absolute atomic E-state index is 0.0204. The molecule has 0 radical (unpaired) electrons. The first-order valence-electron chi connectivity index (χ1n) is 4.15. The Hall–Kier alpha value is -2.37. The highest BCUT2D eigenvalue weighted by molar-refractivity contribution is 5.79. The Morgan fingerprint density at radius 2 is 2.13 bits per heavy atom. The van der Waals surface area contributed by atoms with E-state index in [1.807, 2.05) is 0 Å². The molecule has 2 aromatic rings. The fourth-order valence-electron chi connectivity index (χ4n) is 1.24. The van der Waals surface area contributed by atoms with E-state index in [-0.39, 0.29) is 5.69 Å². The molecule has 0 spiro atoms. The van der Waals surface area contributed by atoms with Crippen LogP contribution < -0.4 is 4.54 Å². The molecule has 0 saturated carbocycles. The fourth-order valence-corrected chi connectivity index (χ4v) is 1.24. The van der Waals surface area contributed by atoms with Crippen LogP contribution in [0.25, 0.3) is 10.9 Å². The van der Waals surface area contributed by atoms with Crippen molar-refractivity contribution in [3.8, 4) is 0 Å². The summed E-state index contributed by atoms with van der Waals surface area (Å²) in [5, 5.41) is 14.7. The molecule has 0 N–H and O–H groups in total. The van der Waals surface area contributed by atoms with Gasteiger partial charge in [-0.3, -0.25) is 10.1 Å². The van der Waals surface area contributed by atoms with Gasteiger partial charge in [0.05, 0.1) is 14.9 Å². The SMILES string of the molecule is O=[N+]([O-])c1ccc2n[n+](=O)cccc2c1. The molecule has 2 rings (SSSR count). The van der Waals surface area contributed by atoms with Crippen LogP contribution in [0.2, 0.25) is 0 Å². The Morgan fingerprint density at radius 3 is 2.87 bits per heavy atom. The predicted octanol–water partition coefficient (Wildman–Crippen LogP) is 1.06. The van der Waals surface area contributed by atoms with E-state index in [0.29, 0.717) is 15.4 Å². The van der Waals surface area contributed by atoms with E-state index in [0.717, 1.165) is 0 Å². The predicted molar refractivity (Wildman–Crippen MR) is 51.8 cm³/mol. The minimum atomic E-state index is -0.488. The van der Waals surface area contributed by atoms with Crippen LogP contribution in [0, 0.1) is 15.0 Å². The molecular weight excluding hydrogens is 198 g/mol. The van der Waals surface area contributed by atoms with E-state index >= 15 is 0 Å². The number of hydrogen-bond donors (Lipinski definition) is 0. The number of non-ortho nitro benzene ring substituents is 1. The summed E-state index contributed by atoms with van der Waals surface area (Å²) in [4.78, 5) is 21.0. The molecule has 0 bridgehead atoms. The van der Waals surface area contributed by atoms with Crippen LogP contribution in [0.4, 0.5) is 5.69 Å². The molecule has 74 valence electrons. The van der Waals surface area contributed by atoms with Crippen LogP contribution in [-0.4, -0.2) is 10.0 Å². The third kappa shape index (κ3) is 1.78. The van der Waals surface area contributed by atoms with Gasteiger partial charge in [-0.2, -0.15) is 0 Å². The van der Waals surface area contributed by atoms with Gasteiger partial charge in [-0.05, 0) is 12.1 Å². The fraction of sp³-hybridized carbons (Fsp3) is 0. The molecule has 0 saturated heterocycles. The number of benzene rings is 1. The van der Waals surface area contributed by atoms with Crippen LogP contribution in [0.3, 0.4) is 0 Å². The Labute approximate surface area is 83.5 Å². The van der Waals surface area contributed by atoms with Gasteiger partial charge >= 0.3 is 0 Å². The maximum absolute atomic E-state index is 11.0. The van der Waals surface area contributed by atoms with E-state index in [1.165, 1.54) is 30.5 Å². The Morgan fingerprint density at radius 1 is 1.33 bits per heavy atom. The van der Waals surface area contributed by atoms with Gasteiger partial charge in [-0.1, -0.05) is 0 Å². The second-order valence-electron chi connectivity index (χ2n) is 2.91. The van der Waals surface area contributed by atoms with Crippen molar-refractivity contribution in [3.63, 3.8) is 0 Å². The topological polar surface area (TPSA) is 79.0 Å². The molecule has 15 heavy (non-hydrogen) atoms. The average Bonchev–Trinajstić information content (AvgIpc) is 2.37. The second kappa shape index (κ2) is 3.41. The van der Waals surface area contributed by atoms with Crippen molar-refractivity contribution in [1.29, 1.82) is 0 Å². The molecule has 0 fully saturated rings. The first kappa shape index (κ1) is 9.20. The summed E-state index contributed by atoms with van der Waals surface area (Å²) < 4.78 is 0.411. The maximum Gasteiger partial charge on any atom is 0.270 e. The van der Waals surface area contributed by atoms with Crippen LogP contribution >= 0.6 is 0 Å². The van der Waals surface area contributed by atoms with Gasteiger partial charge in [0.2, 0.25) is 0 Å². The summed E-state index contributed by atoms with van der Waals surface area (Å²) in [6.07, 6.45) is 1.23. The molecule has 0 aliphatic heterocycles. The van der Waals surface area contributed by atoms with Crippen LogP contribution in [-0.2, 0) is 0 Å². The lowest BCUT2D eigenvalue weighted by atomic mass is 10.2. The minimum Gasteiger partial charge on any atom is -0.258 e. The number of nitro groups is 1. The molecule has 6 heteroatoms. The zero-order valence-electron chi connectivity index (χ0n) is 7.53. The number of hydrogen-bond acceptors (Lipinski definition) is 4. The van der Waals surface area contributed by atoms with Crippen LogP contribution in [0.15, 0.2) is 36.5 Å². The van der Waals surface area contributed by atoms with Crippen molar-refractivity contribution < 1.29 is 9.47 Å². The lowest BCUT2D eigenvalue weighted by Crippen LogP contribution is -2.14. The van der Waals surface area contributed by atoms with Gasteiger partial charge in [-0.15, -0.1) is 0 Å². The number of aromatic nitrogens is 2. The zero-order valence-corrected chi connectivity index (χ0v) is 7.53. The second-order valence-corrected chi connectivity index (χ2v) is 2.91. The highest BCUT2D eigenvalue weighted by atomic mass is 16.6. The first-order chi connectivity index (χ1) is 7.16. The summed E-state index contributed by atoms with van der Waals surface area (Å²) in [6.45, 7) is 0. The molecular formula is C9H6N3O3+. The summed E-state index contributed by atoms with van der Waals surface area (Å²) >= 11 is 0. The van der Waals surface area contributed by atoms with Crippen molar-refractivity contribution in [2.45, 2.75) is 0 Å². The molecule has 0 atom stereocenters. The zero-order chi connectivity index (χ0) is 10.8. The summed E-state index contributed by atoms with van der Waals surface area (Å²) in [7, 11) is 0. The van der Waals surface area contributed by atoms with Gasteiger partial charge in [-0.25, -0.2) is 0 Å². The first-order valence-corrected chi connectivity index (χ1v) is 4.15. The Balaban J connectivity index is 2.80. The lowest BCUT2D eigenvalue weighted by molar-refractivity contribution is -0.560. The molecule has 0 unspecified atom stereocenters. The number of nitro benzene ring substituents is 1. The quantitative estimate of drug-likeness (QED) is 0.395. The summed E-state index contributed by atoms with van der Waals surface area (Å²) in [5.41, 5.74) is 0.397. The summed E-state index contributed by atoms with van der Waals surface area (Å²) in [6, 6.07) is 7.23. The molecule has 1 aromatic heterocycles. The highest BCUT2D eigenvalue weighted by Crippen LogP contribution is 2.17. The van der Waals surface area contributed by atoms with Crippen molar-refractivity contribution in [2.24, 2.45) is 0 Å². The van der Waals surface area contributed by atoms with Gasteiger partial charge in [0.25, 0.3) is 11.9 Å². The van der Waals surface area contributed by atoms with E-state index in [9.17, 15) is 15.0 Å². The highest BCUT2D eigenvalue weighted by Gasteiger charge is 2.07. The molecule has 1 heterocycles. The lowest BCUT2D eigenvalue weighted by Gasteiger charge is -1.90. The Bertz CT molecular complexity index is 597. The average molecular weight is 204 g/mol. The largest absolute Gasteiger partial charge is 0.270 e. The maximum atomic E-state index is 11.0. The van der Waals surface area contributed by atoms with E-state index in [2.05, 4.69) is 5.10 Å². The third-order valence-electron chi connectivity index (χ3n) is 1.92. The molecule has 0 amide bonds. The smallest absolute Gasteiger partial charge is 0.258 e.